The van der Waals surface area contributed by atoms with Gasteiger partial charge in [-0.3, -0.25) is 4.98 Å². The zero-order chi connectivity index (χ0) is 12.4. The van der Waals surface area contributed by atoms with Gasteiger partial charge in [0.1, 0.15) is 0 Å². The van der Waals surface area contributed by atoms with Crippen molar-refractivity contribution in [2.75, 3.05) is 0 Å². The minimum Gasteiger partial charge on any atom is -0.388 e. The van der Waals surface area contributed by atoms with E-state index in [2.05, 4.69) is 16.4 Å². The highest BCUT2D eigenvalue weighted by Gasteiger charge is 2.12. The topological polar surface area (TPSA) is 33.1 Å². The van der Waals surface area contributed by atoms with Crippen molar-refractivity contribution in [3.05, 3.63) is 64.5 Å². The first-order chi connectivity index (χ1) is 8.84. The van der Waals surface area contributed by atoms with Crippen LogP contribution in [0.1, 0.15) is 17.2 Å². The third kappa shape index (κ3) is 2.15. The van der Waals surface area contributed by atoms with Crippen molar-refractivity contribution in [3.8, 4) is 0 Å². The van der Waals surface area contributed by atoms with Gasteiger partial charge in [0.2, 0.25) is 0 Å². The molecule has 0 aliphatic rings. The second-order valence-corrected chi connectivity index (χ2v) is 5.05. The van der Waals surface area contributed by atoms with E-state index in [0.29, 0.717) is 6.42 Å². The predicted molar refractivity (Wildman–Crippen MR) is 74.7 cm³/mol. The second-order valence-electron chi connectivity index (χ2n) is 4.27. The number of pyridine rings is 1. The summed E-state index contributed by atoms with van der Waals surface area (Å²) >= 11 is 1.66. The van der Waals surface area contributed by atoms with E-state index in [1.807, 2.05) is 35.7 Å². The van der Waals surface area contributed by atoms with E-state index in [9.17, 15) is 5.11 Å². The Labute approximate surface area is 110 Å². The van der Waals surface area contributed by atoms with E-state index in [1.54, 1.807) is 17.5 Å². The number of aliphatic hydroxyl groups excluding tert-OH is 1. The molecule has 0 fully saturated rings. The van der Waals surface area contributed by atoms with Crippen LogP contribution in [0, 0.1) is 0 Å². The average molecular weight is 255 g/mol. The molecule has 90 valence electrons. The molecule has 0 bridgehead atoms. The maximum absolute atomic E-state index is 10.4. The van der Waals surface area contributed by atoms with Gasteiger partial charge in [-0.25, -0.2) is 0 Å². The van der Waals surface area contributed by atoms with Gasteiger partial charge in [-0.1, -0.05) is 18.2 Å². The summed E-state index contributed by atoms with van der Waals surface area (Å²) < 4.78 is 0. The fourth-order valence-corrected chi connectivity index (χ4v) is 2.84. The Morgan fingerprint density at radius 3 is 2.94 bits per heavy atom. The number of thiophene rings is 1. The average Bonchev–Trinajstić information content (AvgIpc) is 2.91. The van der Waals surface area contributed by atoms with Crippen molar-refractivity contribution in [1.82, 2.24) is 4.98 Å². The Bertz CT molecular complexity index is 643. The SMILES string of the molecule is OC(Cc1ccsc1)c1cccc2ncccc12. The number of hydrogen-bond donors (Lipinski definition) is 1. The highest BCUT2D eigenvalue weighted by molar-refractivity contribution is 7.07. The minimum absolute atomic E-state index is 0.479. The second kappa shape index (κ2) is 4.88. The normalized spacial score (nSPS) is 12.7. The van der Waals surface area contributed by atoms with Crippen LogP contribution in [0.2, 0.25) is 0 Å². The molecule has 2 heterocycles. The van der Waals surface area contributed by atoms with Crippen LogP contribution in [0.5, 0.6) is 0 Å². The van der Waals surface area contributed by atoms with Crippen LogP contribution in [0.4, 0.5) is 0 Å². The molecule has 1 atom stereocenters. The fourth-order valence-electron chi connectivity index (χ4n) is 2.16. The number of rotatable bonds is 3. The zero-order valence-corrected chi connectivity index (χ0v) is 10.6. The van der Waals surface area contributed by atoms with E-state index in [1.165, 1.54) is 5.56 Å². The molecule has 3 aromatic rings. The highest BCUT2D eigenvalue weighted by atomic mass is 32.1. The molecule has 18 heavy (non-hydrogen) atoms. The van der Waals surface area contributed by atoms with Crippen LogP contribution in [-0.4, -0.2) is 10.1 Å². The van der Waals surface area contributed by atoms with E-state index < -0.39 is 6.10 Å². The fraction of sp³-hybridized carbons (Fsp3) is 0.133. The molecule has 3 heteroatoms. The smallest absolute Gasteiger partial charge is 0.0837 e. The Kier molecular flexibility index (Phi) is 3.09. The molecule has 1 aromatic carbocycles. The van der Waals surface area contributed by atoms with Crippen LogP contribution in [0.3, 0.4) is 0 Å². The zero-order valence-electron chi connectivity index (χ0n) is 9.78. The van der Waals surface area contributed by atoms with Crippen LogP contribution >= 0.6 is 11.3 Å². The molecular weight excluding hydrogens is 242 g/mol. The quantitative estimate of drug-likeness (QED) is 0.776. The van der Waals surface area contributed by atoms with Crippen molar-refractivity contribution in [2.24, 2.45) is 0 Å². The van der Waals surface area contributed by atoms with Crippen molar-refractivity contribution >= 4 is 22.2 Å². The predicted octanol–water partition coefficient (Wildman–Crippen LogP) is 3.57. The molecular formula is C15H13NOS. The Hall–Kier alpha value is -1.71. The Balaban J connectivity index is 1.98. The van der Waals surface area contributed by atoms with E-state index in [0.717, 1.165) is 16.5 Å². The molecule has 1 N–H and O–H groups in total. The van der Waals surface area contributed by atoms with E-state index >= 15 is 0 Å². The molecule has 2 nitrogen and oxygen atoms in total. The molecule has 2 aromatic heterocycles. The van der Waals surface area contributed by atoms with Crippen molar-refractivity contribution in [1.29, 1.82) is 0 Å². The first-order valence-electron chi connectivity index (χ1n) is 5.87. The molecule has 0 amide bonds. The first-order valence-corrected chi connectivity index (χ1v) is 6.81. The van der Waals surface area contributed by atoms with E-state index in [-0.39, 0.29) is 0 Å². The van der Waals surface area contributed by atoms with Gasteiger partial charge < -0.3 is 5.11 Å². The molecule has 0 saturated carbocycles. The van der Waals surface area contributed by atoms with Gasteiger partial charge in [0.25, 0.3) is 0 Å². The number of aliphatic hydroxyl groups is 1. The molecule has 0 spiro atoms. The summed E-state index contributed by atoms with van der Waals surface area (Å²) in [4.78, 5) is 4.31. The highest BCUT2D eigenvalue weighted by Crippen LogP contribution is 2.26. The number of aromatic nitrogens is 1. The summed E-state index contributed by atoms with van der Waals surface area (Å²) in [5.41, 5.74) is 3.06. The standard InChI is InChI=1S/C15H13NOS/c17-15(9-11-6-8-18-10-11)13-3-1-5-14-12(13)4-2-7-16-14/h1-8,10,15,17H,9H2. The number of benzene rings is 1. The first kappa shape index (κ1) is 11.4. The summed E-state index contributed by atoms with van der Waals surface area (Å²) in [7, 11) is 0. The van der Waals surface area contributed by atoms with Crippen LogP contribution in [0.15, 0.2) is 53.4 Å². The summed E-state index contributed by atoms with van der Waals surface area (Å²) in [6.07, 6.45) is 1.95. The van der Waals surface area contributed by atoms with Crippen LogP contribution in [-0.2, 0) is 6.42 Å². The summed E-state index contributed by atoms with van der Waals surface area (Å²) in [6, 6.07) is 11.9. The molecule has 0 radical (unpaired) electrons. The van der Waals surface area contributed by atoms with Gasteiger partial charge in [0.15, 0.2) is 0 Å². The third-order valence-corrected chi connectivity index (χ3v) is 3.78. The number of fused-ring (bicyclic) bond motifs is 1. The lowest BCUT2D eigenvalue weighted by Gasteiger charge is -2.12. The maximum Gasteiger partial charge on any atom is 0.0837 e. The number of hydrogen-bond acceptors (Lipinski definition) is 3. The lowest BCUT2D eigenvalue weighted by Crippen LogP contribution is -2.02. The number of nitrogens with zero attached hydrogens (tertiary/aromatic N) is 1. The minimum atomic E-state index is -0.479. The van der Waals surface area contributed by atoms with Crippen molar-refractivity contribution < 1.29 is 5.11 Å². The van der Waals surface area contributed by atoms with Gasteiger partial charge in [0, 0.05) is 18.0 Å². The Morgan fingerprint density at radius 2 is 2.11 bits per heavy atom. The van der Waals surface area contributed by atoms with Crippen molar-refractivity contribution in [3.63, 3.8) is 0 Å². The van der Waals surface area contributed by atoms with Crippen LogP contribution in [0.25, 0.3) is 10.9 Å². The third-order valence-electron chi connectivity index (χ3n) is 3.05. The lowest BCUT2D eigenvalue weighted by molar-refractivity contribution is 0.180. The molecule has 0 aliphatic heterocycles. The largest absolute Gasteiger partial charge is 0.388 e. The van der Waals surface area contributed by atoms with Gasteiger partial charge in [-0.2, -0.15) is 11.3 Å². The summed E-state index contributed by atoms with van der Waals surface area (Å²) in [6.45, 7) is 0. The molecule has 1 unspecified atom stereocenters. The van der Waals surface area contributed by atoms with Crippen LogP contribution < -0.4 is 0 Å². The molecule has 0 saturated heterocycles. The van der Waals surface area contributed by atoms with Crippen molar-refractivity contribution in [2.45, 2.75) is 12.5 Å². The van der Waals surface area contributed by atoms with Gasteiger partial charge in [0.05, 0.1) is 11.6 Å². The lowest BCUT2D eigenvalue weighted by atomic mass is 9.99. The Morgan fingerprint density at radius 1 is 1.17 bits per heavy atom. The maximum atomic E-state index is 10.4. The summed E-state index contributed by atoms with van der Waals surface area (Å²) in [5.74, 6) is 0. The molecule has 0 aliphatic carbocycles. The van der Waals surface area contributed by atoms with Gasteiger partial charge >= 0.3 is 0 Å². The van der Waals surface area contributed by atoms with E-state index in [4.69, 9.17) is 0 Å². The van der Waals surface area contributed by atoms with Gasteiger partial charge in [-0.15, -0.1) is 0 Å². The summed E-state index contributed by atoms with van der Waals surface area (Å²) in [5, 5.41) is 15.5. The monoisotopic (exact) mass is 255 g/mol. The van der Waals surface area contributed by atoms with Gasteiger partial charge in [-0.05, 0) is 40.1 Å². The molecule has 3 rings (SSSR count).